The van der Waals surface area contributed by atoms with Crippen LogP contribution in [-0.2, 0) is 19.4 Å². The molecule has 1 N–H and O–H groups in total. The summed E-state index contributed by atoms with van der Waals surface area (Å²) in [6, 6.07) is 0. The van der Waals surface area contributed by atoms with Crippen molar-refractivity contribution in [3.05, 3.63) is 0 Å². The number of rotatable bonds is 7. The second kappa shape index (κ2) is 7.25. The van der Waals surface area contributed by atoms with Crippen LogP contribution in [0.1, 0.15) is 53.4 Å². The first-order chi connectivity index (χ1) is 11.5. The summed E-state index contributed by atoms with van der Waals surface area (Å²) in [6.07, 6.45) is 3.39. The second-order valence-corrected chi connectivity index (χ2v) is 11.0. The van der Waals surface area contributed by atoms with Gasteiger partial charge >= 0.3 is 0 Å². The van der Waals surface area contributed by atoms with Crippen molar-refractivity contribution in [2.24, 2.45) is 16.7 Å². The number of carbonyl (C=O) groups is 2. The van der Waals surface area contributed by atoms with Crippen LogP contribution in [0.3, 0.4) is 0 Å². The summed E-state index contributed by atoms with van der Waals surface area (Å²) < 4.78 is 23.0. The van der Waals surface area contributed by atoms with Crippen LogP contribution in [0.2, 0.25) is 0 Å². The quantitative estimate of drug-likeness (QED) is 0.736. The van der Waals surface area contributed by atoms with Gasteiger partial charge < -0.3 is 10.2 Å². The van der Waals surface area contributed by atoms with E-state index in [2.05, 4.69) is 19.2 Å². The molecule has 2 rings (SSSR count). The Hall–Kier alpha value is -1.11. The van der Waals surface area contributed by atoms with Gasteiger partial charge in [-0.15, -0.1) is 0 Å². The largest absolute Gasteiger partial charge is 0.356 e. The highest BCUT2D eigenvalue weighted by atomic mass is 32.2. The third-order valence-corrected chi connectivity index (χ3v) is 6.99. The third kappa shape index (κ3) is 5.19. The maximum Gasteiger partial charge on any atom is 0.228 e. The summed E-state index contributed by atoms with van der Waals surface area (Å²) in [7, 11) is -2.99. The van der Waals surface area contributed by atoms with Crippen molar-refractivity contribution in [3.8, 4) is 0 Å². The van der Waals surface area contributed by atoms with E-state index in [1.54, 1.807) is 4.90 Å². The predicted molar refractivity (Wildman–Crippen MR) is 97.8 cm³/mol. The number of nitrogens with zero attached hydrogens (tertiary/aromatic N) is 1. The van der Waals surface area contributed by atoms with Crippen LogP contribution in [-0.4, -0.2) is 56.3 Å². The van der Waals surface area contributed by atoms with Crippen LogP contribution in [0.25, 0.3) is 0 Å². The van der Waals surface area contributed by atoms with Crippen LogP contribution in [0.5, 0.6) is 0 Å². The van der Waals surface area contributed by atoms with E-state index in [0.717, 1.165) is 19.3 Å². The smallest absolute Gasteiger partial charge is 0.228 e. The Bertz CT molecular complexity index is 607. The molecule has 2 amide bonds. The average Bonchev–Trinajstić information content (AvgIpc) is 3.26. The van der Waals surface area contributed by atoms with Gasteiger partial charge in [-0.25, -0.2) is 8.42 Å². The minimum Gasteiger partial charge on any atom is -0.356 e. The lowest BCUT2D eigenvalue weighted by atomic mass is 9.87. The fraction of sp³-hybridized carbons (Fsp3) is 0.889. The zero-order valence-electron chi connectivity index (χ0n) is 15.9. The summed E-state index contributed by atoms with van der Waals surface area (Å²) in [6.45, 7) is 9.02. The van der Waals surface area contributed by atoms with Crippen molar-refractivity contribution in [1.29, 1.82) is 0 Å². The fourth-order valence-electron chi connectivity index (χ4n) is 3.58. The molecule has 6 nitrogen and oxygen atoms in total. The van der Waals surface area contributed by atoms with Crippen LogP contribution >= 0.6 is 0 Å². The molecule has 0 aromatic carbocycles. The van der Waals surface area contributed by atoms with Gasteiger partial charge in [0.1, 0.15) is 0 Å². The highest BCUT2D eigenvalue weighted by Crippen LogP contribution is 2.50. The van der Waals surface area contributed by atoms with Gasteiger partial charge in [0, 0.05) is 30.5 Å². The van der Waals surface area contributed by atoms with Crippen molar-refractivity contribution >= 4 is 21.7 Å². The number of carbonyl (C=O) groups excluding carboxylic acids is 2. The highest BCUT2D eigenvalue weighted by Gasteiger charge is 2.49. The van der Waals surface area contributed by atoms with Crippen molar-refractivity contribution in [2.75, 3.05) is 31.1 Å². The summed E-state index contributed by atoms with van der Waals surface area (Å²) >= 11 is 0. The second-order valence-electron chi connectivity index (χ2n) is 8.71. The Kier molecular flexibility index (Phi) is 5.86. The normalized spacial score (nSPS) is 21.9. The molecule has 0 atom stereocenters. The zero-order chi connectivity index (χ0) is 18.9. The van der Waals surface area contributed by atoms with Gasteiger partial charge in [-0.05, 0) is 31.6 Å². The third-order valence-electron chi connectivity index (χ3n) is 5.38. The number of amides is 2. The van der Waals surface area contributed by atoms with E-state index in [-0.39, 0.29) is 41.8 Å². The number of hydrogen-bond acceptors (Lipinski definition) is 4. The van der Waals surface area contributed by atoms with Gasteiger partial charge in [0.2, 0.25) is 11.8 Å². The number of sulfone groups is 1. The molecule has 2 aliphatic rings. The molecular weight excluding hydrogens is 340 g/mol. The first-order valence-electron chi connectivity index (χ1n) is 9.26. The summed E-state index contributed by atoms with van der Waals surface area (Å²) in [5.41, 5.74) is -0.785. The highest BCUT2D eigenvalue weighted by molar-refractivity contribution is 7.91. The van der Waals surface area contributed by atoms with Crippen molar-refractivity contribution < 1.29 is 18.0 Å². The predicted octanol–water partition coefficient (Wildman–Crippen LogP) is 1.60. The maximum absolute atomic E-state index is 12.7. The zero-order valence-corrected chi connectivity index (χ0v) is 16.7. The Morgan fingerprint density at radius 3 is 2.20 bits per heavy atom. The minimum atomic E-state index is -2.99. The van der Waals surface area contributed by atoms with Crippen LogP contribution in [0, 0.1) is 16.7 Å². The molecule has 1 heterocycles. The standard InChI is InChI=1S/C18H32N2O4S/c1-14(2)13-18(5-6-18)15(21)19-8-7-17(3,4)16(22)20-9-11-25(23,24)12-10-20/h14H,5-13H2,1-4H3,(H,19,21). The molecule has 25 heavy (non-hydrogen) atoms. The lowest BCUT2D eigenvalue weighted by Crippen LogP contribution is -2.49. The Labute approximate surface area is 151 Å². The first kappa shape index (κ1) is 20.2. The van der Waals surface area contributed by atoms with E-state index >= 15 is 0 Å². The number of nitrogens with one attached hydrogen (secondary N) is 1. The maximum atomic E-state index is 12.7. The SMILES string of the molecule is CC(C)CC1(C(=O)NCCC(C)(C)C(=O)N2CCS(=O)(=O)CC2)CC1. The van der Waals surface area contributed by atoms with Crippen molar-refractivity contribution in [3.63, 3.8) is 0 Å². The lowest BCUT2D eigenvalue weighted by Gasteiger charge is -2.34. The van der Waals surface area contributed by atoms with E-state index < -0.39 is 15.3 Å². The molecule has 2 fully saturated rings. The molecular formula is C18H32N2O4S. The monoisotopic (exact) mass is 372 g/mol. The van der Waals surface area contributed by atoms with Crippen LogP contribution < -0.4 is 5.32 Å². The molecule has 0 bridgehead atoms. The molecule has 0 aromatic rings. The summed E-state index contributed by atoms with van der Waals surface area (Å²) in [4.78, 5) is 26.7. The molecule has 144 valence electrons. The molecule has 0 unspecified atom stereocenters. The molecule has 1 aliphatic carbocycles. The van der Waals surface area contributed by atoms with Crippen LogP contribution in [0.15, 0.2) is 0 Å². The Morgan fingerprint density at radius 2 is 1.72 bits per heavy atom. The number of hydrogen-bond donors (Lipinski definition) is 1. The minimum absolute atomic E-state index is 0.0278. The van der Waals surface area contributed by atoms with Gasteiger partial charge in [0.25, 0.3) is 0 Å². The van der Waals surface area contributed by atoms with Gasteiger partial charge in [0.15, 0.2) is 9.84 Å². The van der Waals surface area contributed by atoms with Gasteiger partial charge in [-0.1, -0.05) is 27.7 Å². The summed E-state index contributed by atoms with van der Waals surface area (Å²) in [5, 5.41) is 3.01. The summed E-state index contributed by atoms with van der Waals surface area (Å²) in [5.74, 6) is 0.683. The Morgan fingerprint density at radius 1 is 1.16 bits per heavy atom. The fourth-order valence-corrected chi connectivity index (χ4v) is 4.78. The lowest BCUT2D eigenvalue weighted by molar-refractivity contribution is -0.140. The Balaban J connectivity index is 1.81. The molecule has 0 aromatic heterocycles. The molecule has 1 saturated carbocycles. The van der Waals surface area contributed by atoms with E-state index in [1.807, 2.05) is 13.8 Å². The van der Waals surface area contributed by atoms with Gasteiger partial charge in [-0.2, -0.15) is 0 Å². The van der Waals surface area contributed by atoms with E-state index in [9.17, 15) is 18.0 Å². The molecule has 1 saturated heterocycles. The molecule has 1 aliphatic heterocycles. The van der Waals surface area contributed by atoms with Gasteiger partial charge in [0.05, 0.1) is 11.5 Å². The molecule has 0 radical (unpaired) electrons. The topological polar surface area (TPSA) is 83.6 Å². The van der Waals surface area contributed by atoms with Crippen LogP contribution in [0.4, 0.5) is 0 Å². The first-order valence-corrected chi connectivity index (χ1v) is 11.1. The average molecular weight is 373 g/mol. The molecule has 0 spiro atoms. The van der Waals surface area contributed by atoms with Gasteiger partial charge in [-0.3, -0.25) is 9.59 Å². The van der Waals surface area contributed by atoms with Crippen molar-refractivity contribution in [1.82, 2.24) is 10.2 Å². The van der Waals surface area contributed by atoms with E-state index in [1.165, 1.54) is 0 Å². The molecule has 7 heteroatoms. The van der Waals surface area contributed by atoms with E-state index in [4.69, 9.17) is 0 Å². The van der Waals surface area contributed by atoms with E-state index in [0.29, 0.717) is 18.9 Å². The van der Waals surface area contributed by atoms with Crippen molar-refractivity contribution in [2.45, 2.75) is 53.4 Å².